The van der Waals surface area contributed by atoms with Gasteiger partial charge in [0, 0.05) is 5.41 Å². The summed E-state index contributed by atoms with van der Waals surface area (Å²) in [5.41, 5.74) is -0.160. The molecule has 0 radical (unpaired) electrons. The highest BCUT2D eigenvalue weighted by Gasteiger charge is 2.41. The molecule has 3 nitrogen and oxygen atoms in total. The van der Waals surface area contributed by atoms with Gasteiger partial charge in [-0.3, -0.25) is 4.79 Å². The largest absolute Gasteiger partial charge is 0.435 e. The molecule has 0 saturated carbocycles. The fourth-order valence-corrected chi connectivity index (χ4v) is 1.95. The predicted molar refractivity (Wildman–Crippen MR) is 67.4 cm³/mol. The summed E-state index contributed by atoms with van der Waals surface area (Å²) in [6.07, 6.45) is 1.43. The molecule has 1 aliphatic heterocycles. The summed E-state index contributed by atoms with van der Waals surface area (Å²) in [5.74, 6) is 0.413. The minimum atomic E-state index is -0.416. The smallest absolute Gasteiger partial charge is 0.313 e. The van der Waals surface area contributed by atoms with E-state index in [9.17, 15) is 4.79 Å². The third kappa shape index (κ3) is 3.98. The van der Waals surface area contributed by atoms with Crippen LogP contribution in [0.15, 0.2) is 0 Å². The lowest BCUT2D eigenvalue weighted by Crippen LogP contribution is -2.47. The van der Waals surface area contributed by atoms with Crippen LogP contribution in [0.25, 0.3) is 0 Å². The zero-order valence-corrected chi connectivity index (χ0v) is 11.9. The molecule has 1 saturated heterocycles. The van der Waals surface area contributed by atoms with E-state index in [2.05, 4.69) is 13.8 Å². The first-order valence-electron chi connectivity index (χ1n) is 6.57. The molecule has 1 heterocycles. The van der Waals surface area contributed by atoms with Crippen LogP contribution in [-0.4, -0.2) is 18.4 Å². The normalized spacial score (nSPS) is 30.5. The number of hydrogen-bond acceptors (Lipinski definition) is 3. The van der Waals surface area contributed by atoms with Gasteiger partial charge in [-0.2, -0.15) is 0 Å². The van der Waals surface area contributed by atoms with Crippen LogP contribution in [-0.2, 0) is 14.3 Å². The molecular formula is C14H26O3. The number of esters is 1. The standard InChI is InChI=1S/C14H26O3/c1-9(2)7-8-11-10(3)16-13(14(4,5)6)17-12(11)15/h9-11,13H,7-8H2,1-6H3. The number of carbonyl (C=O) groups excluding carboxylic acids is 1. The molecule has 17 heavy (non-hydrogen) atoms. The summed E-state index contributed by atoms with van der Waals surface area (Å²) in [6.45, 7) is 12.4. The van der Waals surface area contributed by atoms with E-state index in [1.807, 2.05) is 27.7 Å². The Kier molecular flexibility index (Phi) is 4.59. The predicted octanol–water partition coefficient (Wildman–Crippen LogP) is 3.37. The van der Waals surface area contributed by atoms with Gasteiger partial charge in [-0.15, -0.1) is 0 Å². The summed E-state index contributed by atoms with van der Waals surface area (Å²) < 4.78 is 11.2. The lowest BCUT2D eigenvalue weighted by Gasteiger charge is -2.39. The quantitative estimate of drug-likeness (QED) is 0.712. The second-order valence-electron chi connectivity index (χ2n) is 6.55. The van der Waals surface area contributed by atoms with E-state index in [0.29, 0.717) is 5.92 Å². The highest BCUT2D eigenvalue weighted by molar-refractivity contribution is 5.73. The Balaban J connectivity index is 2.59. The Hall–Kier alpha value is -0.570. The van der Waals surface area contributed by atoms with Gasteiger partial charge in [0.15, 0.2) is 0 Å². The maximum atomic E-state index is 12.0. The molecule has 100 valence electrons. The molecule has 0 aromatic heterocycles. The van der Waals surface area contributed by atoms with Crippen LogP contribution in [0, 0.1) is 17.3 Å². The second kappa shape index (κ2) is 5.38. The molecule has 0 aliphatic carbocycles. The third-order valence-electron chi connectivity index (χ3n) is 3.19. The number of hydrogen-bond donors (Lipinski definition) is 0. The summed E-state index contributed by atoms with van der Waals surface area (Å²) >= 11 is 0. The molecule has 3 heteroatoms. The van der Waals surface area contributed by atoms with Crippen molar-refractivity contribution in [3.8, 4) is 0 Å². The monoisotopic (exact) mass is 242 g/mol. The minimum Gasteiger partial charge on any atom is -0.435 e. The maximum Gasteiger partial charge on any atom is 0.313 e. The van der Waals surface area contributed by atoms with Crippen LogP contribution < -0.4 is 0 Å². The van der Waals surface area contributed by atoms with Gasteiger partial charge in [-0.25, -0.2) is 0 Å². The van der Waals surface area contributed by atoms with Crippen LogP contribution in [0.1, 0.15) is 54.4 Å². The summed E-state index contributed by atoms with van der Waals surface area (Å²) in [6, 6.07) is 0. The first kappa shape index (κ1) is 14.5. The van der Waals surface area contributed by atoms with Crippen molar-refractivity contribution in [1.82, 2.24) is 0 Å². The van der Waals surface area contributed by atoms with Crippen LogP contribution in [0.5, 0.6) is 0 Å². The fraction of sp³-hybridized carbons (Fsp3) is 0.929. The Morgan fingerprint density at radius 1 is 1.29 bits per heavy atom. The van der Waals surface area contributed by atoms with Gasteiger partial charge in [-0.05, 0) is 19.3 Å². The van der Waals surface area contributed by atoms with Gasteiger partial charge in [0.05, 0.1) is 12.0 Å². The average molecular weight is 242 g/mol. The first-order valence-corrected chi connectivity index (χ1v) is 6.57. The molecule has 1 aliphatic rings. The van der Waals surface area contributed by atoms with Crippen molar-refractivity contribution in [2.45, 2.75) is 66.8 Å². The van der Waals surface area contributed by atoms with Crippen molar-refractivity contribution >= 4 is 5.97 Å². The number of cyclic esters (lactones) is 1. The van der Waals surface area contributed by atoms with Crippen molar-refractivity contribution < 1.29 is 14.3 Å². The second-order valence-corrected chi connectivity index (χ2v) is 6.55. The van der Waals surface area contributed by atoms with Gasteiger partial charge in [0.1, 0.15) is 0 Å². The number of carbonyl (C=O) groups is 1. The van der Waals surface area contributed by atoms with Crippen molar-refractivity contribution in [3.63, 3.8) is 0 Å². The van der Waals surface area contributed by atoms with E-state index in [-0.39, 0.29) is 23.4 Å². The third-order valence-corrected chi connectivity index (χ3v) is 3.19. The van der Waals surface area contributed by atoms with Crippen LogP contribution in [0.3, 0.4) is 0 Å². The lowest BCUT2D eigenvalue weighted by molar-refractivity contribution is -0.254. The summed E-state index contributed by atoms with van der Waals surface area (Å²) in [5, 5.41) is 0. The zero-order chi connectivity index (χ0) is 13.2. The molecule has 1 rings (SSSR count). The molecular weight excluding hydrogens is 216 g/mol. The van der Waals surface area contributed by atoms with Crippen molar-refractivity contribution in [1.29, 1.82) is 0 Å². The van der Waals surface area contributed by atoms with Crippen LogP contribution in [0.2, 0.25) is 0 Å². The van der Waals surface area contributed by atoms with Gasteiger partial charge < -0.3 is 9.47 Å². The van der Waals surface area contributed by atoms with E-state index in [0.717, 1.165) is 12.8 Å². The molecule has 1 fully saturated rings. The number of ether oxygens (including phenoxy) is 2. The Morgan fingerprint density at radius 2 is 1.88 bits per heavy atom. The van der Waals surface area contributed by atoms with E-state index in [1.165, 1.54) is 0 Å². The van der Waals surface area contributed by atoms with E-state index >= 15 is 0 Å². The highest BCUT2D eigenvalue weighted by Crippen LogP contribution is 2.33. The summed E-state index contributed by atoms with van der Waals surface area (Å²) in [7, 11) is 0. The van der Waals surface area contributed by atoms with Crippen molar-refractivity contribution in [3.05, 3.63) is 0 Å². The van der Waals surface area contributed by atoms with Gasteiger partial charge in [-0.1, -0.05) is 41.0 Å². The molecule has 0 spiro atoms. The minimum absolute atomic E-state index is 0.0424. The zero-order valence-electron chi connectivity index (χ0n) is 11.9. The Labute approximate surface area is 105 Å². The lowest BCUT2D eigenvalue weighted by atomic mass is 9.90. The molecule has 0 N–H and O–H groups in total. The Bertz CT molecular complexity index is 265. The molecule has 0 bridgehead atoms. The van der Waals surface area contributed by atoms with Gasteiger partial charge >= 0.3 is 5.97 Å². The fourth-order valence-electron chi connectivity index (χ4n) is 1.95. The van der Waals surface area contributed by atoms with Crippen molar-refractivity contribution in [2.75, 3.05) is 0 Å². The first-order chi connectivity index (χ1) is 7.71. The Morgan fingerprint density at radius 3 is 2.29 bits per heavy atom. The van der Waals surface area contributed by atoms with E-state index in [1.54, 1.807) is 0 Å². The van der Waals surface area contributed by atoms with E-state index in [4.69, 9.17) is 9.47 Å². The van der Waals surface area contributed by atoms with Crippen LogP contribution in [0.4, 0.5) is 0 Å². The molecule has 0 amide bonds. The molecule has 3 unspecified atom stereocenters. The molecule has 3 atom stereocenters. The highest BCUT2D eigenvalue weighted by atomic mass is 16.7. The van der Waals surface area contributed by atoms with Gasteiger partial charge in [0.25, 0.3) is 0 Å². The van der Waals surface area contributed by atoms with Crippen LogP contribution >= 0.6 is 0 Å². The summed E-state index contributed by atoms with van der Waals surface area (Å²) in [4.78, 5) is 12.0. The van der Waals surface area contributed by atoms with E-state index < -0.39 is 6.29 Å². The number of rotatable bonds is 3. The van der Waals surface area contributed by atoms with Crippen molar-refractivity contribution in [2.24, 2.45) is 17.3 Å². The van der Waals surface area contributed by atoms with Gasteiger partial charge in [0.2, 0.25) is 6.29 Å². The molecule has 0 aromatic rings. The average Bonchev–Trinajstić information content (AvgIpc) is 2.14. The maximum absolute atomic E-state index is 12.0. The molecule has 0 aromatic carbocycles. The topological polar surface area (TPSA) is 35.5 Å². The SMILES string of the molecule is CC(C)CCC1C(=O)OC(C(C)(C)C)OC1C.